The first kappa shape index (κ1) is 17.7. The summed E-state index contributed by atoms with van der Waals surface area (Å²) in [5, 5.41) is 65.8. The summed E-state index contributed by atoms with van der Waals surface area (Å²) in [7, 11) is 0. The summed E-state index contributed by atoms with van der Waals surface area (Å²) in [6.07, 6.45) is -5.77. The highest BCUT2D eigenvalue weighted by Gasteiger charge is 2.55. The zero-order valence-electron chi connectivity index (χ0n) is 11.1. The van der Waals surface area contributed by atoms with Crippen LogP contribution in [0.3, 0.4) is 0 Å². The Bertz CT molecular complexity index is 310. The van der Waals surface area contributed by atoms with E-state index >= 15 is 0 Å². The van der Waals surface area contributed by atoms with Crippen molar-refractivity contribution in [1.82, 2.24) is 0 Å². The molecule has 0 saturated carbocycles. The number of ether oxygens (including phenoxy) is 2. The molecule has 0 spiro atoms. The van der Waals surface area contributed by atoms with Crippen molar-refractivity contribution in [2.75, 3.05) is 26.4 Å². The minimum absolute atomic E-state index is 0.586. The molecule has 0 aromatic carbocycles. The van der Waals surface area contributed by atoms with Crippen LogP contribution < -0.4 is 0 Å². The highest BCUT2D eigenvalue weighted by Crippen LogP contribution is 2.33. The Morgan fingerprint density at radius 2 is 1.90 bits per heavy atom. The van der Waals surface area contributed by atoms with Gasteiger partial charge in [-0.15, -0.1) is 0 Å². The molecule has 6 atom stereocenters. The van der Waals surface area contributed by atoms with E-state index in [9.17, 15) is 25.5 Å². The first-order valence-electron chi connectivity index (χ1n) is 6.15. The van der Waals surface area contributed by atoms with E-state index in [4.69, 9.17) is 19.7 Å². The van der Waals surface area contributed by atoms with Crippen LogP contribution in [0.15, 0.2) is 0 Å². The first-order valence-corrected chi connectivity index (χ1v) is 6.15. The van der Waals surface area contributed by atoms with Gasteiger partial charge < -0.3 is 45.2 Å². The monoisotopic (exact) mass is 298 g/mol. The summed E-state index contributed by atoms with van der Waals surface area (Å²) >= 11 is 0. The molecule has 0 unspecified atom stereocenters. The lowest BCUT2D eigenvalue weighted by molar-refractivity contribution is -0.295. The van der Waals surface area contributed by atoms with Crippen LogP contribution in [-0.2, 0) is 9.47 Å². The van der Waals surface area contributed by atoms with Gasteiger partial charge in [0.1, 0.15) is 36.6 Å². The molecule has 0 aromatic rings. The molecule has 9 heteroatoms. The summed E-state index contributed by atoms with van der Waals surface area (Å²) in [5.41, 5.74) is -1.86. The van der Waals surface area contributed by atoms with Crippen LogP contribution in [0.4, 0.5) is 0 Å². The maximum absolute atomic E-state index is 9.86. The molecule has 0 aliphatic carbocycles. The van der Waals surface area contributed by atoms with Crippen molar-refractivity contribution >= 4 is 0 Å². The van der Waals surface area contributed by atoms with E-state index in [2.05, 4.69) is 0 Å². The van der Waals surface area contributed by atoms with E-state index in [1.807, 2.05) is 0 Å². The average molecular weight is 298 g/mol. The van der Waals surface area contributed by atoms with Gasteiger partial charge in [0, 0.05) is 0 Å². The van der Waals surface area contributed by atoms with Crippen LogP contribution >= 0.6 is 0 Å². The van der Waals surface area contributed by atoms with Gasteiger partial charge in [-0.1, -0.05) is 0 Å². The third-order valence-electron chi connectivity index (χ3n) is 3.41. The Balaban J connectivity index is 2.77. The van der Waals surface area contributed by atoms with Gasteiger partial charge in [-0.05, 0) is 6.92 Å². The summed E-state index contributed by atoms with van der Waals surface area (Å²) in [6, 6.07) is 0. The van der Waals surface area contributed by atoms with Crippen molar-refractivity contribution in [3.05, 3.63) is 0 Å². The van der Waals surface area contributed by atoms with Crippen LogP contribution in [0.1, 0.15) is 6.92 Å². The van der Waals surface area contributed by atoms with Gasteiger partial charge in [0.25, 0.3) is 0 Å². The van der Waals surface area contributed by atoms with E-state index in [0.717, 1.165) is 0 Å². The zero-order chi connectivity index (χ0) is 15.6. The van der Waals surface area contributed by atoms with E-state index in [0.29, 0.717) is 0 Å². The van der Waals surface area contributed by atoms with Crippen LogP contribution in [0.25, 0.3) is 0 Å². The highest BCUT2D eigenvalue weighted by atomic mass is 16.7. The third-order valence-corrected chi connectivity index (χ3v) is 3.41. The van der Waals surface area contributed by atoms with Gasteiger partial charge in [-0.25, -0.2) is 0 Å². The van der Waals surface area contributed by atoms with E-state index in [1.165, 1.54) is 6.92 Å². The quantitative estimate of drug-likeness (QED) is 0.248. The average Bonchev–Trinajstić information content (AvgIpc) is 2.69. The molecular formula is C11H22O9. The van der Waals surface area contributed by atoms with Crippen molar-refractivity contribution < 1.29 is 45.2 Å². The molecule has 1 rings (SSSR count). The molecule has 20 heavy (non-hydrogen) atoms. The molecule has 0 bridgehead atoms. The smallest absolute Gasteiger partial charge is 0.221 e. The normalized spacial score (nSPS) is 38.7. The largest absolute Gasteiger partial charge is 0.394 e. The first-order chi connectivity index (χ1) is 9.24. The number of rotatable bonds is 7. The van der Waals surface area contributed by atoms with Crippen molar-refractivity contribution in [2.24, 2.45) is 0 Å². The molecule has 1 aliphatic heterocycles. The lowest BCUT2D eigenvalue weighted by atomic mass is 10.0. The summed E-state index contributed by atoms with van der Waals surface area (Å²) in [6.45, 7) is -1.56. The van der Waals surface area contributed by atoms with Crippen LogP contribution in [0.5, 0.6) is 0 Å². The SMILES string of the molecule is C[C@](O)(CO[C@@]1(CO)O[C@@H](CO)[C@@H](O)[C@@H]1O)[C@H](O)CO. The summed E-state index contributed by atoms with van der Waals surface area (Å²) in [5.74, 6) is -2.02. The molecule has 0 amide bonds. The molecular weight excluding hydrogens is 276 g/mol. The fraction of sp³-hybridized carbons (Fsp3) is 1.00. The molecule has 1 aliphatic rings. The van der Waals surface area contributed by atoms with Gasteiger partial charge >= 0.3 is 0 Å². The standard InChI is InChI=1S/C11H22O9/c1-10(18,7(15)3-13)5-19-11(4-14)9(17)8(16)6(2-12)20-11/h6-9,12-18H,2-5H2,1H3/t6-,7+,8+,9-,10-,11-/m0/s1. The van der Waals surface area contributed by atoms with E-state index in [1.54, 1.807) is 0 Å². The second-order valence-electron chi connectivity index (χ2n) is 5.09. The molecule has 9 nitrogen and oxygen atoms in total. The van der Waals surface area contributed by atoms with Gasteiger partial charge in [0.15, 0.2) is 0 Å². The van der Waals surface area contributed by atoms with E-state index in [-0.39, 0.29) is 0 Å². The maximum atomic E-state index is 9.86. The topological polar surface area (TPSA) is 160 Å². The van der Waals surface area contributed by atoms with E-state index < -0.39 is 62.2 Å². The number of hydrogen-bond acceptors (Lipinski definition) is 9. The highest BCUT2D eigenvalue weighted by molar-refractivity contribution is 4.97. The van der Waals surface area contributed by atoms with Gasteiger partial charge in [0.2, 0.25) is 5.79 Å². The second kappa shape index (κ2) is 6.60. The predicted molar refractivity (Wildman–Crippen MR) is 63.5 cm³/mol. The van der Waals surface area contributed by atoms with Crippen molar-refractivity contribution in [1.29, 1.82) is 0 Å². The Labute approximate surface area is 115 Å². The number of aliphatic hydroxyl groups is 7. The fourth-order valence-corrected chi connectivity index (χ4v) is 1.86. The summed E-state index contributed by atoms with van der Waals surface area (Å²) < 4.78 is 10.2. The van der Waals surface area contributed by atoms with Crippen LogP contribution in [0, 0.1) is 0 Å². The number of hydrogen-bond donors (Lipinski definition) is 7. The molecule has 1 heterocycles. The molecule has 1 saturated heterocycles. The zero-order valence-corrected chi connectivity index (χ0v) is 11.1. The van der Waals surface area contributed by atoms with Gasteiger partial charge in [-0.2, -0.15) is 0 Å². The Hall–Kier alpha value is -0.360. The third kappa shape index (κ3) is 3.27. The van der Waals surface area contributed by atoms with Gasteiger partial charge in [-0.3, -0.25) is 0 Å². The second-order valence-corrected chi connectivity index (χ2v) is 5.09. The van der Waals surface area contributed by atoms with Crippen molar-refractivity contribution in [2.45, 2.75) is 42.7 Å². The van der Waals surface area contributed by atoms with Crippen LogP contribution in [0.2, 0.25) is 0 Å². The minimum atomic E-state index is -2.02. The Morgan fingerprint density at radius 1 is 1.30 bits per heavy atom. The lowest BCUT2D eigenvalue weighted by Gasteiger charge is -2.35. The molecule has 0 radical (unpaired) electrons. The van der Waals surface area contributed by atoms with Gasteiger partial charge in [0.05, 0.1) is 19.8 Å². The van der Waals surface area contributed by atoms with Crippen molar-refractivity contribution in [3.8, 4) is 0 Å². The van der Waals surface area contributed by atoms with Crippen molar-refractivity contribution in [3.63, 3.8) is 0 Å². The Morgan fingerprint density at radius 3 is 2.30 bits per heavy atom. The predicted octanol–water partition coefficient (Wildman–Crippen LogP) is -4.09. The fourth-order valence-electron chi connectivity index (χ4n) is 1.86. The molecule has 7 N–H and O–H groups in total. The lowest BCUT2D eigenvalue weighted by Crippen LogP contribution is -2.54. The number of aliphatic hydroxyl groups excluding tert-OH is 6. The molecule has 1 fully saturated rings. The maximum Gasteiger partial charge on any atom is 0.221 e. The molecule has 120 valence electrons. The Kier molecular flexibility index (Phi) is 5.84. The van der Waals surface area contributed by atoms with Crippen LogP contribution in [-0.4, -0.2) is 98.0 Å². The summed E-state index contributed by atoms with van der Waals surface area (Å²) in [4.78, 5) is 0. The molecule has 0 aromatic heterocycles. The minimum Gasteiger partial charge on any atom is -0.394 e.